The first-order chi connectivity index (χ1) is 9.56. The van der Waals surface area contributed by atoms with Gasteiger partial charge >= 0.3 is 5.97 Å². The van der Waals surface area contributed by atoms with Crippen molar-refractivity contribution in [2.45, 2.75) is 6.92 Å². The second-order valence-corrected chi connectivity index (χ2v) is 4.60. The predicted molar refractivity (Wildman–Crippen MR) is 75.7 cm³/mol. The molecule has 1 amide bonds. The van der Waals surface area contributed by atoms with Crippen LogP contribution in [0.5, 0.6) is 0 Å². The number of nitrogens with one attached hydrogen (secondary N) is 1. The Balaban J connectivity index is 2.14. The maximum atomic E-state index is 11.8. The van der Waals surface area contributed by atoms with Gasteiger partial charge in [-0.2, -0.15) is 0 Å². The molecule has 2 N–H and O–H groups in total. The average Bonchev–Trinajstić information content (AvgIpc) is 2.93. The van der Waals surface area contributed by atoms with Crippen molar-refractivity contribution in [3.05, 3.63) is 46.5 Å². The first-order valence-corrected chi connectivity index (χ1v) is 6.50. The van der Waals surface area contributed by atoms with E-state index in [9.17, 15) is 9.59 Å². The molecule has 20 heavy (non-hydrogen) atoms. The van der Waals surface area contributed by atoms with Crippen molar-refractivity contribution in [2.24, 2.45) is 0 Å². The minimum Gasteiger partial charge on any atom is -0.478 e. The van der Waals surface area contributed by atoms with Gasteiger partial charge < -0.3 is 10.4 Å². The number of anilines is 1. The molecule has 6 nitrogen and oxygen atoms in total. The zero-order chi connectivity index (χ0) is 14.5. The number of carbonyl (C=O) groups excluding carboxylic acids is 1. The van der Waals surface area contributed by atoms with Gasteiger partial charge in [0.05, 0.1) is 0 Å². The van der Waals surface area contributed by atoms with Crippen LogP contribution in [0.4, 0.5) is 5.69 Å². The lowest BCUT2D eigenvalue weighted by molar-refractivity contribution is -0.131. The van der Waals surface area contributed by atoms with Crippen molar-refractivity contribution in [3.63, 3.8) is 0 Å². The Morgan fingerprint density at radius 2 is 2.20 bits per heavy atom. The maximum Gasteiger partial charge on any atom is 0.328 e. The molecule has 0 aliphatic carbocycles. The SMILES string of the molecule is Cc1cc(C=CC(=O)O)ccc1NC(=O)c1csnn1. The third kappa shape index (κ3) is 3.48. The Morgan fingerprint density at radius 3 is 2.80 bits per heavy atom. The predicted octanol–water partition coefficient (Wildman–Crippen LogP) is 2.20. The lowest BCUT2D eigenvalue weighted by atomic mass is 10.1. The fourth-order valence-corrected chi connectivity index (χ4v) is 1.98. The molecule has 0 saturated heterocycles. The van der Waals surface area contributed by atoms with E-state index in [0.29, 0.717) is 5.69 Å². The second kappa shape index (κ2) is 6.07. The molecule has 1 aromatic carbocycles. The smallest absolute Gasteiger partial charge is 0.328 e. The summed E-state index contributed by atoms with van der Waals surface area (Å²) in [5.74, 6) is -1.33. The molecule has 2 aromatic rings. The van der Waals surface area contributed by atoms with Crippen LogP contribution in [0, 0.1) is 6.92 Å². The van der Waals surface area contributed by atoms with Crippen molar-refractivity contribution in [2.75, 3.05) is 5.32 Å². The van der Waals surface area contributed by atoms with Gasteiger partial charge in [0, 0.05) is 17.1 Å². The molecule has 2 rings (SSSR count). The number of aromatic nitrogens is 2. The average molecular weight is 289 g/mol. The fourth-order valence-electron chi connectivity index (χ4n) is 1.55. The number of carbonyl (C=O) groups is 2. The van der Waals surface area contributed by atoms with Crippen LogP contribution in [0.2, 0.25) is 0 Å². The van der Waals surface area contributed by atoms with Gasteiger partial charge in [-0.3, -0.25) is 4.79 Å². The van der Waals surface area contributed by atoms with E-state index in [4.69, 9.17) is 5.11 Å². The van der Waals surface area contributed by atoms with Gasteiger partial charge in [0.1, 0.15) is 0 Å². The highest BCUT2D eigenvalue weighted by molar-refractivity contribution is 7.03. The lowest BCUT2D eigenvalue weighted by Gasteiger charge is -2.07. The number of aliphatic carboxylic acids is 1. The topological polar surface area (TPSA) is 92.2 Å². The van der Waals surface area contributed by atoms with Gasteiger partial charge in [0.15, 0.2) is 5.69 Å². The minimum atomic E-state index is -1.00. The highest BCUT2D eigenvalue weighted by Crippen LogP contribution is 2.18. The van der Waals surface area contributed by atoms with E-state index in [1.54, 1.807) is 23.6 Å². The van der Waals surface area contributed by atoms with Crippen molar-refractivity contribution in [3.8, 4) is 0 Å². The van der Waals surface area contributed by atoms with Gasteiger partial charge in [-0.1, -0.05) is 10.6 Å². The highest BCUT2D eigenvalue weighted by atomic mass is 32.1. The quantitative estimate of drug-likeness (QED) is 0.842. The van der Waals surface area contributed by atoms with Crippen LogP contribution >= 0.6 is 11.5 Å². The molecule has 0 fully saturated rings. The molecule has 0 aliphatic rings. The molecule has 0 radical (unpaired) electrons. The Kier molecular flexibility index (Phi) is 4.21. The monoisotopic (exact) mass is 289 g/mol. The van der Waals surface area contributed by atoms with Gasteiger partial charge in [0.25, 0.3) is 5.91 Å². The summed E-state index contributed by atoms with van der Waals surface area (Å²) in [6.07, 6.45) is 2.55. The third-order valence-corrected chi connectivity index (χ3v) is 3.01. The van der Waals surface area contributed by atoms with Crippen molar-refractivity contribution >= 4 is 35.2 Å². The summed E-state index contributed by atoms with van der Waals surface area (Å²) in [5, 5.41) is 16.5. The number of hydrogen-bond donors (Lipinski definition) is 2. The zero-order valence-corrected chi connectivity index (χ0v) is 11.3. The van der Waals surface area contributed by atoms with Gasteiger partial charge in [-0.25, -0.2) is 4.79 Å². The number of amides is 1. The van der Waals surface area contributed by atoms with Crippen LogP contribution in [0.15, 0.2) is 29.7 Å². The summed E-state index contributed by atoms with van der Waals surface area (Å²) in [5.41, 5.74) is 2.49. The minimum absolute atomic E-state index is 0.268. The largest absolute Gasteiger partial charge is 0.478 e. The Hall–Kier alpha value is -2.54. The van der Waals surface area contributed by atoms with Crippen LogP contribution < -0.4 is 5.32 Å². The molecule has 0 atom stereocenters. The van der Waals surface area contributed by atoms with Crippen LogP contribution in [-0.2, 0) is 4.79 Å². The van der Waals surface area contributed by atoms with E-state index in [2.05, 4.69) is 14.9 Å². The van der Waals surface area contributed by atoms with Crippen LogP contribution in [0.3, 0.4) is 0 Å². The highest BCUT2D eigenvalue weighted by Gasteiger charge is 2.10. The molecule has 0 spiro atoms. The van der Waals surface area contributed by atoms with Crippen molar-refractivity contribution in [1.82, 2.24) is 9.59 Å². The first-order valence-electron chi connectivity index (χ1n) is 5.66. The molecule has 0 saturated carbocycles. The Labute approximate surface area is 118 Å². The van der Waals surface area contributed by atoms with Gasteiger partial charge in [0.2, 0.25) is 0 Å². The molecule has 0 aliphatic heterocycles. The van der Waals surface area contributed by atoms with E-state index in [1.807, 2.05) is 6.92 Å². The van der Waals surface area contributed by atoms with Crippen LogP contribution in [0.1, 0.15) is 21.6 Å². The summed E-state index contributed by atoms with van der Waals surface area (Å²) in [6, 6.07) is 5.23. The fraction of sp³-hybridized carbons (Fsp3) is 0.0769. The molecule has 1 aromatic heterocycles. The van der Waals surface area contributed by atoms with E-state index in [0.717, 1.165) is 28.7 Å². The molecule has 0 unspecified atom stereocenters. The maximum absolute atomic E-state index is 11.8. The number of nitrogens with zero attached hydrogens (tertiary/aromatic N) is 2. The second-order valence-electron chi connectivity index (χ2n) is 3.99. The number of aryl methyl sites for hydroxylation is 1. The number of carboxylic acid groups (broad SMARTS) is 1. The number of rotatable bonds is 4. The number of benzene rings is 1. The van der Waals surface area contributed by atoms with Crippen molar-refractivity contribution < 1.29 is 14.7 Å². The summed E-state index contributed by atoms with van der Waals surface area (Å²) in [7, 11) is 0. The molecule has 0 bridgehead atoms. The summed E-state index contributed by atoms with van der Waals surface area (Å²) < 4.78 is 3.63. The summed E-state index contributed by atoms with van der Waals surface area (Å²) in [6.45, 7) is 1.83. The van der Waals surface area contributed by atoms with E-state index < -0.39 is 5.97 Å². The van der Waals surface area contributed by atoms with Crippen LogP contribution in [0.25, 0.3) is 6.08 Å². The van der Waals surface area contributed by atoms with E-state index in [1.165, 1.54) is 6.08 Å². The van der Waals surface area contributed by atoms with E-state index in [-0.39, 0.29) is 11.6 Å². The zero-order valence-electron chi connectivity index (χ0n) is 10.5. The van der Waals surface area contributed by atoms with Gasteiger partial charge in [-0.05, 0) is 47.8 Å². The molecular formula is C13H11N3O3S. The normalized spacial score (nSPS) is 10.7. The number of hydrogen-bond acceptors (Lipinski definition) is 5. The third-order valence-electron chi connectivity index (χ3n) is 2.51. The summed E-state index contributed by atoms with van der Waals surface area (Å²) in [4.78, 5) is 22.3. The molecular weight excluding hydrogens is 278 g/mol. The number of carboxylic acids is 1. The first kappa shape index (κ1) is 13.9. The lowest BCUT2D eigenvalue weighted by Crippen LogP contribution is -2.13. The Bertz CT molecular complexity index is 666. The van der Waals surface area contributed by atoms with Crippen molar-refractivity contribution in [1.29, 1.82) is 0 Å². The summed E-state index contributed by atoms with van der Waals surface area (Å²) >= 11 is 1.11. The standard InChI is InChI=1S/C13H11N3O3S/c1-8-6-9(3-5-12(17)18)2-4-10(8)14-13(19)11-7-20-16-15-11/h2-7H,1H3,(H,14,19)(H,17,18). The molecule has 7 heteroatoms. The van der Waals surface area contributed by atoms with Crippen LogP contribution in [-0.4, -0.2) is 26.6 Å². The van der Waals surface area contributed by atoms with E-state index >= 15 is 0 Å². The Morgan fingerprint density at radius 1 is 1.40 bits per heavy atom. The molecule has 1 heterocycles. The van der Waals surface area contributed by atoms with Gasteiger partial charge in [-0.15, -0.1) is 5.10 Å². The molecule has 102 valence electrons.